The van der Waals surface area contributed by atoms with E-state index in [4.69, 9.17) is 11.6 Å². The van der Waals surface area contributed by atoms with Crippen molar-refractivity contribution in [2.75, 3.05) is 18.5 Å². The highest BCUT2D eigenvalue weighted by Gasteiger charge is 2.07. The first kappa shape index (κ1) is 16.7. The number of hydrogen-bond acceptors (Lipinski definition) is 5. The average molecular weight is 361 g/mol. The van der Waals surface area contributed by atoms with Crippen LogP contribution in [-0.4, -0.2) is 28.4 Å². The van der Waals surface area contributed by atoms with Crippen molar-refractivity contribution in [1.82, 2.24) is 14.8 Å². The van der Waals surface area contributed by atoms with Crippen molar-refractivity contribution < 1.29 is 0 Å². The second kappa shape index (κ2) is 7.15. The number of halogens is 1. The van der Waals surface area contributed by atoms with Gasteiger partial charge < -0.3 is 4.90 Å². The third-order valence-corrected chi connectivity index (χ3v) is 4.93. The molecule has 0 N–H and O–H groups in total. The number of nitrogens with zero attached hydrogens (tertiary/aromatic N) is 4. The van der Waals surface area contributed by atoms with Crippen LogP contribution in [0, 0.1) is 6.92 Å². The molecule has 3 aromatic heterocycles. The molecule has 0 radical (unpaired) electrons. The minimum Gasteiger partial charge on any atom is -0.373 e. The fourth-order valence-corrected chi connectivity index (χ4v) is 3.34. The Bertz CT molecular complexity index is 905. The summed E-state index contributed by atoms with van der Waals surface area (Å²) in [6.07, 6.45) is 1.67. The van der Waals surface area contributed by atoms with Gasteiger partial charge in [-0.3, -0.25) is 4.79 Å². The molecule has 0 amide bonds. The Kier molecular flexibility index (Phi) is 4.97. The van der Waals surface area contributed by atoms with Crippen LogP contribution in [-0.2, 0) is 6.54 Å². The Morgan fingerprint density at radius 2 is 2.12 bits per heavy atom. The van der Waals surface area contributed by atoms with Gasteiger partial charge in [0.15, 0.2) is 0 Å². The zero-order chi connectivity index (χ0) is 17.1. The minimum absolute atomic E-state index is 0.104. The highest BCUT2D eigenvalue weighted by atomic mass is 35.5. The van der Waals surface area contributed by atoms with Gasteiger partial charge >= 0.3 is 0 Å². The van der Waals surface area contributed by atoms with E-state index in [-0.39, 0.29) is 5.56 Å². The number of hydrogen-bond donors (Lipinski definition) is 0. The van der Waals surface area contributed by atoms with E-state index in [1.165, 1.54) is 10.2 Å². The largest absolute Gasteiger partial charge is 0.373 e. The lowest BCUT2D eigenvalue weighted by atomic mass is 10.3. The molecular weight excluding hydrogens is 344 g/mol. The summed E-state index contributed by atoms with van der Waals surface area (Å²) in [4.78, 5) is 19.1. The van der Waals surface area contributed by atoms with E-state index >= 15 is 0 Å². The number of aromatic nitrogens is 3. The van der Waals surface area contributed by atoms with Gasteiger partial charge in [-0.05, 0) is 42.1 Å². The van der Waals surface area contributed by atoms with E-state index in [0.29, 0.717) is 18.2 Å². The molecular formula is C17H17ClN4OS. The van der Waals surface area contributed by atoms with Crippen LogP contribution in [0.25, 0.3) is 10.6 Å². The molecule has 3 heterocycles. The second-order valence-corrected chi connectivity index (χ2v) is 6.83. The molecule has 0 spiro atoms. The molecule has 0 aromatic carbocycles. The maximum absolute atomic E-state index is 12.1. The van der Waals surface area contributed by atoms with Crippen molar-refractivity contribution in [1.29, 1.82) is 0 Å². The van der Waals surface area contributed by atoms with Gasteiger partial charge in [0.25, 0.3) is 5.56 Å². The summed E-state index contributed by atoms with van der Waals surface area (Å²) in [7, 11) is 1.95. The Morgan fingerprint density at radius 1 is 1.29 bits per heavy atom. The maximum Gasteiger partial charge on any atom is 0.266 e. The molecule has 0 saturated carbocycles. The summed E-state index contributed by atoms with van der Waals surface area (Å²) < 4.78 is 1.50. The van der Waals surface area contributed by atoms with Crippen LogP contribution >= 0.6 is 22.9 Å². The average Bonchev–Trinajstić information content (AvgIpc) is 3.00. The van der Waals surface area contributed by atoms with Crippen molar-refractivity contribution in [3.63, 3.8) is 0 Å². The highest BCUT2D eigenvalue weighted by molar-refractivity contribution is 7.13. The normalized spacial score (nSPS) is 10.8. The van der Waals surface area contributed by atoms with Gasteiger partial charge in [0.05, 0.1) is 11.4 Å². The van der Waals surface area contributed by atoms with Gasteiger partial charge in [-0.15, -0.1) is 11.3 Å². The van der Waals surface area contributed by atoms with Gasteiger partial charge in [0.2, 0.25) is 0 Å². The van der Waals surface area contributed by atoms with Gasteiger partial charge in [-0.1, -0.05) is 11.6 Å². The van der Waals surface area contributed by atoms with Crippen molar-refractivity contribution in [2.45, 2.75) is 13.5 Å². The number of rotatable bonds is 5. The van der Waals surface area contributed by atoms with Crippen LogP contribution in [0.15, 0.2) is 46.7 Å². The molecule has 0 fully saturated rings. The molecule has 0 bridgehead atoms. The topological polar surface area (TPSA) is 51.0 Å². The Labute approximate surface area is 149 Å². The fourth-order valence-electron chi connectivity index (χ4n) is 2.31. The first-order chi connectivity index (χ1) is 11.5. The summed E-state index contributed by atoms with van der Waals surface area (Å²) in [5.41, 5.74) is 2.87. The summed E-state index contributed by atoms with van der Waals surface area (Å²) in [5, 5.41) is 7.01. The molecule has 0 aliphatic heterocycles. The number of aryl methyl sites for hydroxylation is 1. The monoisotopic (exact) mass is 360 g/mol. The fraction of sp³-hybridized carbons (Fsp3) is 0.235. The SMILES string of the molecule is Cc1csc(-c2ccc(=O)n(CCN(C)c3ccnc(Cl)c3)n2)c1. The van der Waals surface area contributed by atoms with E-state index < -0.39 is 0 Å². The third kappa shape index (κ3) is 3.83. The Morgan fingerprint density at radius 3 is 2.83 bits per heavy atom. The highest BCUT2D eigenvalue weighted by Crippen LogP contribution is 2.24. The molecule has 3 rings (SSSR count). The lowest BCUT2D eigenvalue weighted by Crippen LogP contribution is -2.29. The molecule has 0 atom stereocenters. The molecule has 0 unspecified atom stereocenters. The Balaban J connectivity index is 1.76. The Hall–Kier alpha value is -2.18. The van der Waals surface area contributed by atoms with Gasteiger partial charge in [-0.2, -0.15) is 5.10 Å². The van der Waals surface area contributed by atoms with E-state index in [1.54, 1.807) is 35.7 Å². The summed E-state index contributed by atoms with van der Waals surface area (Å²) in [6, 6.07) is 9.10. The summed E-state index contributed by atoms with van der Waals surface area (Å²) in [6.45, 7) is 3.18. The predicted octanol–water partition coefficient (Wildman–Crippen LogP) is 3.47. The van der Waals surface area contributed by atoms with Crippen LogP contribution < -0.4 is 10.5 Å². The number of pyridine rings is 1. The summed E-state index contributed by atoms with van der Waals surface area (Å²) in [5.74, 6) is 0. The summed E-state index contributed by atoms with van der Waals surface area (Å²) >= 11 is 7.55. The molecule has 0 aliphatic carbocycles. The van der Waals surface area contributed by atoms with Crippen LogP contribution in [0.3, 0.4) is 0 Å². The van der Waals surface area contributed by atoms with E-state index in [2.05, 4.69) is 21.5 Å². The van der Waals surface area contributed by atoms with Crippen molar-refractivity contribution >= 4 is 28.6 Å². The molecule has 7 heteroatoms. The minimum atomic E-state index is -0.104. The van der Waals surface area contributed by atoms with E-state index in [9.17, 15) is 4.79 Å². The molecule has 0 aliphatic rings. The first-order valence-corrected chi connectivity index (χ1v) is 8.75. The number of anilines is 1. The van der Waals surface area contributed by atoms with Crippen molar-refractivity contribution in [2.24, 2.45) is 0 Å². The third-order valence-electron chi connectivity index (χ3n) is 3.65. The maximum atomic E-state index is 12.1. The quantitative estimate of drug-likeness (QED) is 0.654. The number of likely N-dealkylation sites (N-methyl/N-ethyl adjacent to an activating group) is 1. The number of thiophene rings is 1. The first-order valence-electron chi connectivity index (χ1n) is 7.49. The van der Waals surface area contributed by atoms with E-state index in [0.717, 1.165) is 16.3 Å². The van der Waals surface area contributed by atoms with Crippen molar-refractivity contribution in [3.8, 4) is 10.6 Å². The van der Waals surface area contributed by atoms with Crippen LogP contribution in [0.1, 0.15) is 5.56 Å². The molecule has 124 valence electrons. The smallest absolute Gasteiger partial charge is 0.266 e. The van der Waals surface area contributed by atoms with Gasteiger partial charge in [0, 0.05) is 31.5 Å². The molecule has 0 saturated heterocycles. The standard InChI is InChI=1S/C17H17ClN4OS/c1-12-9-15(24-11-12)14-3-4-17(23)22(20-14)8-7-21(2)13-5-6-19-16(18)10-13/h3-6,9-11H,7-8H2,1-2H3. The zero-order valence-electron chi connectivity index (χ0n) is 13.4. The van der Waals surface area contributed by atoms with Crippen LogP contribution in [0.5, 0.6) is 0 Å². The lowest BCUT2D eigenvalue weighted by Gasteiger charge is -2.19. The lowest BCUT2D eigenvalue weighted by molar-refractivity contribution is 0.580. The van der Waals surface area contributed by atoms with E-state index in [1.807, 2.05) is 24.9 Å². The van der Waals surface area contributed by atoms with Gasteiger partial charge in [-0.25, -0.2) is 9.67 Å². The molecule has 3 aromatic rings. The van der Waals surface area contributed by atoms with Gasteiger partial charge in [0.1, 0.15) is 10.8 Å². The zero-order valence-corrected chi connectivity index (χ0v) is 15.0. The van der Waals surface area contributed by atoms with Crippen molar-refractivity contribution in [3.05, 3.63) is 63.0 Å². The second-order valence-electron chi connectivity index (χ2n) is 5.53. The predicted molar refractivity (Wildman–Crippen MR) is 99.1 cm³/mol. The van der Waals surface area contributed by atoms with Crippen LogP contribution in [0.4, 0.5) is 5.69 Å². The molecule has 24 heavy (non-hydrogen) atoms. The molecule has 5 nitrogen and oxygen atoms in total. The van der Waals surface area contributed by atoms with Crippen LogP contribution in [0.2, 0.25) is 5.15 Å².